The Morgan fingerprint density at radius 1 is 1.15 bits per heavy atom. The molecule has 0 radical (unpaired) electrons. The number of hydrogen-bond acceptors (Lipinski definition) is 1. The number of nitrogens with zero attached hydrogens (tertiary/aromatic N) is 1. The number of amides is 1. The lowest BCUT2D eigenvalue weighted by atomic mass is 9.71. The Morgan fingerprint density at radius 2 is 1.95 bits per heavy atom. The average Bonchev–Trinajstić information content (AvgIpc) is 2.66. The summed E-state index contributed by atoms with van der Waals surface area (Å²) >= 11 is 0. The van der Waals surface area contributed by atoms with Crippen LogP contribution in [0.3, 0.4) is 0 Å². The van der Waals surface area contributed by atoms with Crippen LogP contribution < -0.4 is 4.90 Å². The minimum Gasteiger partial charge on any atom is -0.312 e. The van der Waals surface area contributed by atoms with E-state index in [1.54, 1.807) is 6.07 Å². The smallest absolute Gasteiger partial charge is 0.249 e. The van der Waals surface area contributed by atoms with Crippen LogP contribution in [0.15, 0.2) is 24.3 Å². The Balaban J connectivity index is 1.87. The van der Waals surface area contributed by atoms with Crippen LogP contribution in [-0.2, 0) is 4.79 Å². The highest BCUT2D eigenvalue weighted by atomic mass is 19.3. The van der Waals surface area contributed by atoms with Crippen molar-refractivity contribution in [3.05, 3.63) is 30.1 Å². The maximum absolute atomic E-state index is 13.6. The van der Waals surface area contributed by atoms with E-state index in [0.29, 0.717) is 31.5 Å². The Labute approximate surface area is 115 Å². The van der Waals surface area contributed by atoms with Crippen LogP contribution in [0.1, 0.15) is 32.1 Å². The molecular weight excluding hydrogens is 267 g/mol. The van der Waals surface area contributed by atoms with E-state index in [9.17, 15) is 18.0 Å². The third-order valence-electron chi connectivity index (χ3n) is 4.43. The highest BCUT2D eigenvalue weighted by Gasteiger charge is 2.54. The minimum atomic E-state index is -2.76. The molecule has 2 aliphatic rings. The minimum absolute atomic E-state index is 0.137. The first kappa shape index (κ1) is 13.5. The van der Waals surface area contributed by atoms with Gasteiger partial charge in [0, 0.05) is 25.1 Å². The first-order chi connectivity index (χ1) is 9.42. The summed E-state index contributed by atoms with van der Waals surface area (Å²) in [5, 5.41) is 0. The molecule has 1 aliphatic heterocycles. The summed E-state index contributed by atoms with van der Waals surface area (Å²) in [5.74, 6) is -3.46. The zero-order valence-electron chi connectivity index (χ0n) is 11.0. The van der Waals surface area contributed by atoms with Crippen molar-refractivity contribution in [2.24, 2.45) is 5.41 Å². The fourth-order valence-corrected chi connectivity index (χ4v) is 3.46. The summed E-state index contributed by atoms with van der Waals surface area (Å²) in [6.45, 7) is 0.387. The van der Waals surface area contributed by atoms with Crippen molar-refractivity contribution < 1.29 is 18.0 Å². The van der Waals surface area contributed by atoms with Gasteiger partial charge in [0.25, 0.3) is 0 Å². The standard InChI is InChI=1S/C15H16F3NO/c16-11-3-1-4-12(9-11)19-8-7-14(13(19)20)5-2-6-15(17,18)10-14/h1,3-4,9H,2,5-8,10H2/t14-/m1/s1. The monoisotopic (exact) mass is 283 g/mol. The van der Waals surface area contributed by atoms with Crippen molar-refractivity contribution in [3.63, 3.8) is 0 Å². The highest BCUT2D eigenvalue weighted by molar-refractivity contribution is 6.00. The van der Waals surface area contributed by atoms with Gasteiger partial charge in [-0.15, -0.1) is 0 Å². The molecule has 20 heavy (non-hydrogen) atoms. The lowest BCUT2D eigenvalue weighted by Gasteiger charge is -2.36. The van der Waals surface area contributed by atoms with Crippen LogP contribution in [0.25, 0.3) is 0 Å². The molecule has 0 unspecified atom stereocenters. The summed E-state index contributed by atoms with van der Waals surface area (Å²) in [7, 11) is 0. The van der Waals surface area contributed by atoms with Gasteiger partial charge in [0.2, 0.25) is 11.8 Å². The van der Waals surface area contributed by atoms with Crippen LogP contribution in [-0.4, -0.2) is 18.4 Å². The second-order valence-corrected chi connectivity index (χ2v) is 5.85. The van der Waals surface area contributed by atoms with Crippen LogP contribution in [0.2, 0.25) is 0 Å². The molecule has 1 heterocycles. The van der Waals surface area contributed by atoms with Crippen molar-refractivity contribution >= 4 is 11.6 Å². The molecule has 2 nitrogen and oxygen atoms in total. The third kappa shape index (κ3) is 2.19. The molecule has 1 saturated carbocycles. The second-order valence-electron chi connectivity index (χ2n) is 5.85. The van der Waals surface area contributed by atoms with Crippen LogP contribution >= 0.6 is 0 Å². The molecular formula is C15H16F3NO. The molecule has 0 bridgehead atoms. The van der Waals surface area contributed by atoms with Crippen molar-refractivity contribution in [2.45, 2.75) is 38.0 Å². The summed E-state index contributed by atoms with van der Waals surface area (Å²) in [6.07, 6.45) is 0.799. The lowest BCUT2D eigenvalue weighted by Crippen LogP contribution is -2.42. The summed E-state index contributed by atoms with van der Waals surface area (Å²) in [5.41, 5.74) is -0.491. The Morgan fingerprint density at radius 3 is 2.65 bits per heavy atom. The number of hydrogen-bond donors (Lipinski definition) is 0. The predicted octanol–water partition coefficient (Wildman–Crippen LogP) is 3.76. The Bertz CT molecular complexity index is 546. The molecule has 108 valence electrons. The number of benzene rings is 1. The highest BCUT2D eigenvalue weighted by Crippen LogP contribution is 2.51. The van der Waals surface area contributed by atoms with E-state index in [-0.39, 0.29) is 18.7 Å². The zero-order valence-corrected chi connectivity index (χ0v) is 11.0. The van der Waals surface area contributed by atoms with E-state index in [0.717, 1.165) is 0 Å². The van der Waals surface area contributed by atoms with E-state index in [4.69, 9.17) is 0 Å². The van der Waals surface area contributed by atoms with Crippen molar-refractivity contribution in [3.8, 4) is 0 Å². The fourth-order valence-electron chi connectivity index (χ4n) is 3.46. The lowest BCUT2D eigenvalue weighted by molar-refractivity contribution is -0.138. The molecule has 1 aromatic carbocycles. The van der Waals surface area contributed by atoms with Gasteiger partial charge >= 0.3 is 0 Å². The largest absolute Gasteiger partial charge is 0.312 e. The van der Waals surface area contributed by atoms with Crippen LogP contribution in [0.5, 0.6) is 0 Å². The maximum Gasteiger partial charge on any atom is 0.249 e. The molecule has 0 aromatic heterocycles. The molecule has 3 rings (SSSR count). The van der Waals surface area contributed by atoms with E-state index < -0.39 is 17.2 Å². The Hall–Kier alpha value is -1.52. The molecule has 1 atom stereocenters. The molecule has 1 aliphatic carbocycles. The number of halogens is 3. The third-order valence-corrected chi connectivity index (χ3v) is 4.43. The normalized spacial score (nSPS) is 29.1. The fraction of sp³-hybridized carbons (Fsp3) is 0.533. The van der Waals surface area contributed by atoms with Gasteiger partial charge < -0.3 is 4.90 Å². The summed E-state index contributed by atoms with van der Waals surface area (Å²) < 4.78 is 40.5. The van der Waals surface area contributed by atoms with E-state index in [1.807, 2.05) is 0 Å². The topological polar surface area (TPSA) is 20.3 Å². The van der Waals surface area contributed by atoms with E-state index in [2.05, 4.69) is 0 Å². The first-order valence-corrected chi connectivity index (χ1v) is 6.87. The average molecular weight is 283 g/mol. The maximum atomic E-state index is 13.6. The second kappa shape index (κ2) is 4.50. The number of rotatable bonds is 1. The quantitative estimate of drug-likeness (QED) is 0.768. The molecule has 0 N–H and O–H groups in total. The van der Waals surface area contributed by atoms with E-state index >= 15 is 0 Å². The van der Waals surface area contributed by atoms with Crippen molar-refractivity contribution in [1.82, 2.24) is 0 Å². The van der Waals surface area contributed by atoms with Crippen LogP contribution in [0.4, 0.5) is 18.9 Å². The molecule has 1 amide bonds. The number of anilines is 1. The molecule has 1 saturated heterocycles. The van der Waals surface area contributed by atoms with Gasteiger partial charge in [-0.25, -0.2) is 13.2 Å². The number of carbonyl (C=O) groups excluding carboxylic acids is 1. The van der Waals surface area contributed by atoms with Gasteiger partial charge in [-0.2, -0.15) is 0 Å². The van der Waals surface area contributed by atoms with Gasteiger partial charge in [0.05, 0.1) is 5.41 Å². The number of alkyl halides is 2. The molecule has 1 aromatic rings. The van der Waals surface area contributed by atoms with Gasteiger partial charge in [0.1, 0.15) is 5.82 Å². The Kier molecular flexibility index (Phi) is 3.03. The van der Waals surface area contributed by atoms with Crippen molar-refractivity contribution in [1.29, 1.82) is 0 Å². The van der Waals surface area contributed by atoms with Crippen molar-refractivity contribution in [2.75, 3.05) is 11.4 Å². The van der Waals surface area contributed by atoms with Gasteiger partial charge in [-0.1, -0.05) is 6.07 Å². The predicted molar refractivity (Wildman–Crippen MR) is 69.2 cm³/mol. The van der Waals surface area contributed by atoms with Gasteiger partial charge in [-0.3, -0.25) is 4.79 Å². The van der Waals surface area contributed by atoms with Crippen LogP contribution in [0, 0.1) is 11.2 Å². The summed E-state index contributed by atoms with van der Waals surface area (Å²) in [4.78, 5) is 14.0. The summed E-state index contributed by atoms with van der Waals surface area (Å²) in [6, 6.07) is 5.74. The van der Waals surface area contributed by atoms with E-state index in [1.165, 1.54) is 23.1 Å². The SMILES string of the molecule is O=C1N(c2cccc(F)c2)CC[C@@]12CCCC(F)(F)C2. The van der Waals surface area contributed by atoms with Gasteiger partial charge in [-0.05, 0) is 37.5 Å². The molecule has 5 heteroatoms. The van der Waals surface area contributed by atoms with Gasteiger partial charge in [0.15, 0.2) is 0 Å². The molecule has 1 spiro atoms. The zero-order chi connectivity index (χ0) is 14.4. The molecule has 2 fully saturated rings. The number of carbonyl (C=O) groups is 1. The first-order valence-electron chi connectivity index (χ1n) is 6.87.